The smallest absolute Gasteiger partial charge is 0.233 e. The third kappa shape index (κ3) is 5.18. The molecule has 170 valence electrons. The Hall–Kier alpha value is -2.74. The van der Waals surface area contributed by atoms with E-state index in [1.165, 1.54) is 23.7 Å². The molecule has 0 unspecified atom stereocenters. The molecule has 1 aliphatic rings. The van der Waals surface area contributed by atoms with E-state index in [1.54, 1.807) is 6.26 Å². The summed E-state index contributed by atoms with van der Waals surface area (Å²) in [4.78, 5) is 14.8. The standard InChI is InChI=1S/C24H30N4O3S/c1-17-8-6-11-21(19(17)3)31-15-22-25-26-24(28(22)14-20-10-7-13-30-20)32-16-23(29)27-12-5-4-9-18(27)2/h6-8,10-11,13,18H,4-5,9,12,14-16H2,1-3H3/t18-/m0/s1. The Labute approximate surface area is 193 Å². The van der Waals surface area contributed by atoms with Crippen LogP contribution >= 0.6 is 11.8 Å². The SMILES string of the molecule is Cc1cccc(OCc2nnc(SCC(=O)N3CCCC[C@@H]3C)n2Cc2ccco2)c1C. The number of amides is 1. The van der Waals surface area contributed by atoms with Crippen molar-refractivity contribution in [2.75, 3.05) is 12.3 Å². The van der Waals surface area contributed by atoms with Crippen LogP contribution in [0.3, 0.4) is 0 Å². The minimum Gasteiger partial charge on any atom is -0.485 e. The van der Waals surface area contributed by atoms with Gasteiger partial charge in [-0.15, -0.1) is 10.2 Å². The molecule has 8 heteroatoms. The Bertz CT molecular complexity index is 1050. The third-order valence-electron chi connectivity index (χ3n) is 6.05. The van der Waals surface area contributed by atoms with Crippen LogP contribution in [0.5, 0.6) is 5.75 Å². The number of hydrogen-bond acceptors (Lipinski definition) is 6. The summed E-state index contributed by atoms with van der Waals surface area (Å²) in [6, 6.07) is 10.1. The Kier molecular flexibility index (Phi) is 7.19. The van der Waals surface area contributed by atoms with Crippen LogP contribution in [0.4, 0.5) is 0 Å². The van der Waals surface area contributed by atoms with Crippen LogP contribution in [0.2, 0.25) is 0 Å². The molecular formula is C24H30N4O3S. The summed E-state index contributed by atoms with van der Waals surface area (Å²) in [7, 11) is 0. The molecule has 0 N–H and O–H groups in total. The van der Waals surface area contributed by atoms with E-state index in [0.717, 1.165) is 36.5 Å². The Morgan fingerprint density at radius 3 is 2.88 bits per heavy atom. The highest BCUT2D eigenvalue weighted by atomic mass is 32.2. The zero-order valence-electron chi connectivity index (χ0n) is 18.9. The maximum Gasteiger partial charge on any atom is 0.233 e. The molecule has 0 saturated carbocycles. The average Bonchev–Trinajstić information content (AvgIpc) is 3.44. The van der Waals surface area contributed by atoms with Gasteiger partial charge in [0.2, 0.25) is 5.91 Å². The van der Waals surface area contributed by atoms with E-state index in [-0.39, 0.29) is 12.5 Å². The molecule has 1 aliphatic heterocycles. The number of benzene rings is 1. The van der Waals surface area contributed by atoms with Crippen LogP contribution in [-0.2, 0) is 17.9 Å². The predicted molar refractivity (Wildman–Crippen MR) is 124 cm³/mol. The van der Waals surface area contributed by atoms with Gasteiger partial charge in [-0.1, -0.05) is 23.9 Å². The lowest BCUT2D eigenvalue weighted by Gasteiger charge is -2.33. The molecule has 1 atom stereocenters. The second-order valence-electron chi connectivity index (χ2n) is 8.27. The quantitative estimate of drug-likeness (QED) is 0.463. The van der Waals surface area contributed by atoms with Crippen molar-refractivity contribution < 1.29 is 13.9 Å². The molecular weight excluding hydrogens is 424 g/mol. The second kappa shape index (κ2) is 10.3. The summed E-state index contributed by atoms with van der Waals surface area (Å²) in [6.45, 7) is 7.86. The van der Waals surface area contributed by atoms with E-state index in [1.807, 2.05) is 40.7 Å². The molecule has 0 radical (unpaired) electrons. The molecule has 7 nitrogen and oxygen atoms in total. The number of likely N-dealkylation sites (tertiary alicyclic amines) is 1. The van der Waals surface area contributed by atoms with Crippen LogP contribution < -0.4 is 4.74 Å². The van der Waals surface area contributed by atoms with Gasteiger partial charge >= 0.3 is 0 Å². The molecule has 3 aromatic rings. The molecule has 2 aromatic heterocycles. The van der Waals surface area contributed by atoms with Crippen molar-refractivity contribution >= 4 is 17.7 Å². The highest BCUT2D eigenvalue weighted by Crippen LogP contribution is 2.25. The molecule has 0 bridgehead atoms. The summed E-state index contributed by atoms with van der Waals surface area (Å²) in [5.74, 6) is 2.83. The van der Waals surface area contributed by atoms with Gasteiger partial charge in [0.25, 0.3) is 0 Å². The lowest BCUT2D eigenvalue weighted by molar-refractivity contribution is -0.131. The largest absolute Gasteiger partial charge is 0.485 e. The normalized spacial score (nSPS) is 16.3. The van der Waals surface area contributed by atoms with Gasteiger partial charge in [0.15, 0.2) is 11.0 Å². The van der Waals surface area contributed by atoms with Crippen molar-refractivity contribution in [1.82, 2.24) is 19.7 Å². The van der Waals surface area contributed by atoms with E-state index in [9.17, 15) is 4.79 Å². The lowest BCUT2D eigenvalue weighted by atomic mass is 10.0. The summed E-state index contributed by atoms with van der Waals surface area (Å²) >= 11 is 1.42. The van der Waals surface area contributed by atoms with Gasteiger partial charge in [0.1, 0.15) is 18.1 Å². The van der Waals surface area contributed by atoms with E-state index >= 15 is 0 Å². The van der Waals surface area contributed by atoms with E-state index in [2.05, 4.69) is 30.1 Å². The fourth-order valence-electron chi connectivity index (χ4n) is 3.95. The van der Waals surface area contributed by atoms with Gasteiger partial charge in [0.05, 0.1) is 18.6 Å². The first-order valence-corrected chi connectivity index (χ1v) is 12.1. The van der Waals surface area contributed by atoms with Crippen molar-refractivity contribution in [2.24, 2.45) is 0 Å². The Morgan fingerprint density at radius 1 is 1.22 bits per heavy atom. The molecule has 3 heterocycles. The summed E-state index contributed by atoms with van der Waals surface area (Å²) in [6.07, 6.45) is 5.00. The predicted octanol–water partition coefficient (Wildman–Crippen LogP) is 4.61. The first-order valence-electron chi connectivity index (χ1n) is 11.1. The molecule has 1 saturated heterocycles. The van der Waals surface area contributed by atoms with Gasteiger partial charge < -0.3 is 14.1 Å². The van der Waals surface area contributed by atoms with Crippen LogP contribution in [-0.4, -0.2) is 43.9 Å². The number of thioether (sulfide) groups is 1. The molecule has 32 heavy (non-hydrogen) atoms. The number of rotatable bonds is 8. The maximum atomic E-state index is 12.8. The van der Waals surface area contributed by atoms with E-state index in [4.69, 9.17) is 9.15 Å². The molecule has 4 rings (SSSR count). The molecule has 1 aromatic carbocycles. The van der Waals surface area contributed by atoms with Crippen LogP contribution in [0.1, 0.15) is 48.9 Å². The van der Waals surface area contributed by atoms with Crippen molar-refractivity contribution in [3.8, 4) is 5.75 Å². The van der Waals surface area contributed by atoms with Crippen molar-refractivity contribution in [3.05, 3.63) is 59.3 Å². The van der Waals surface area contributed by atoms with Gasteiger partial charge in [-0.2, -0.15) is 0 Å². The van der Waals surface area contributed by atoms with Crippen LogP contribution in [0.25, 0.3) is 0 Å². The highest BCUT2D eigenvalue weighted by Gasteiger charge is 2.24. The molecule has 0 aliphatic carbocycles. The van der Waals surface area contributed by atoms with Crippen LogP contribution in [0.15, 0.2) is 46.2 Å². The maximum absolute atomic E-state index is 12.8. The van der Waals surface area contributed by atoms with Crippen molar-refractivity contribution in [3.63, 3.8) is 0 Å². The minimum absolute atomic E-state index is 0.155. The number of furan rings is 1. The van der Waals surface area contributed by atoms with Crippen molar-refractivity contribution in [2.45, 2.75) is 64.4 Å². The lowest BCUT2D eigenvalue weighted by Crippen LogP contribution is -2.43. The number of carbonyl (C=O) groups is 1. The van der Waals surface area contributed by atoms with Gasteiger partial charge in [0, 0.05) is 12.6 Å². The molecule has 0 spiro atoms. The zero-order chi connectivity index (χ0) is 22.5. The Balaban J connectivity index is 1.48. The first kappa shape index (κ1) is 22.5. The van der Waals surface area contributed by atoms with E-state index < -0.39 is 0 Å². The first-order chi connectivity index (χ1) is 15.5. The number of aryl methyl sites for hydroxylation is 1. The zero-order valence-corrected chi connectivity index (χ0v) is 19.7. The number of ether oxygens (including phenoxy) is 1. The monoisotopic (exact) mass is 454 g/mol. The van der Waals surface area contributed by atoms with Crippen molar-refractivity contribution in [1.29, 1.82) is 0 Å². The highest BCUT2D eigenvalue weighted by molar-refractivity contribution is 7.99. The Morgan fingerprint density at radius 2 is 2.09 bits per heavy atom. The minimum atomic E-state index is 0.155. The number of piperidine rings is 1. The third-order valence-corrected chi connectivity index (χ3v) is 7.00. The summed E-state index contributed by atoms with van der Waals surface area (Å²) < 4.78 is 13.6. The average molecular weight is 455 g/mol. The summed E-state index contributed by atoms with van der Waals surface area (Å²) in [5.41, 5.74) is 2.29. The number of nitrogens with zero attached hydrogens (tertiary/aromatic N) is 4. The number of carbonyl (C=O) groups excluding carboxylic acids is 1. The molecule has 1 amide bonds. The number of hydrogen-bond donors (Lipinski definition) is 0. The topological polar surface area (TPSA) is 73.4 Å². The van der Waals surface area contributed by atoms with Gasteiger partial charge in [-0.25, -0.2) is 0 Å². The second-order valence-corrected chi connectivity index (χ2v) is 9.21. The number of aromatic nitrogens is 3. The molecule has 1 fully saturated rings. The summed E-state index contributed by atoms with van der Waals surface area (Å²) in [5, 5.41) is 9.43. The fourth-order valence-corrected chi connectivity index (χ4v) is 4.79. The fraction of sp³-hybridized carbons (Fsp3) is 0.458. The van der Waals surface area contributed by atoms with E-state index in [0.29, 0.717) is 29.3 Å². The van der Waals surface area contributed by atoms with Crippen LogP contribution in [0, 0.1) is 13.8 Å². The van der Waals surface area contributed by atoms with Gasteiger partial charge in [-0.05, 0) is 69.4 Å². The van der Waals surface area contributed by atoms with Gasteiger partial charge in [-0.3, -0.25) is 9.36 Å².